The highest BCUT2D eigenvalue weighted by molar-refractivity contribution is 6.30. The summed E-state index contributed by atoms with van der Waals surface area (Å²) < 4.78 is 5.78. The SMILES string of the molecule is O=C(Oc1c2ccccc2cc2ccccc12)c1ccc(Cl)cc1. The van der Waals surface area contributed by atoms with Gasteiger partial charge in [0, 0.05) is 15.8 Å². The van der Waals surface area contributed by atoms with E-state index in [4.69, 9.17) is 16.3 Å². The van der Waals surface area contributed by atoms with Crippen LogP contribution in [0.1, 0.15) is 10.4 Å². The molecule has 4 rings (SSSR count). The summed E-state index contributed by atoms with van der Waals surface area (Å²) in [5, 5.41) is 4.49. The van der Waals surface area contributed by atoms with Crippen LogP contribution in [0.5, 0.6) is 5.75 Å². The minimum atomic E-state index is -0.395. The van der Waals surface area contributed by atoms with Crippen LogP contribution in [0.3, 0.4) is 0 Å². The average molecular weight is 333 g/mol. The predicted octanol–water partition coefficient (Wildman–Crippen LogP) is 5.87. The van der Waals surface area contributed by atoms with Crippen molar-refractivity contribution in [3.8, 4) is 5.75 Å². The van der Waals surface area contributed by atoms with Crippen molar-refractivity contribution in [3.05, 3.63) is 89.4 Å². The first-order valence-electron chi connectivity index (χ1n) is 7.60. The zero-order valence-electron chi connectivity index (χ0n) is 12.7. The van der Waals surface area contributed by atoms with Crippen LogP contribution in [0, 0.1) is 0 Å². The topological polar surface area (TPSA) is 26.3 Å². The zero-order chi connectivity index (χ0) is 16.5. The summed E-state index contributed by atoms with van der Waals surface area (Å²) in [6.45, 7) is 0. The maximum absolute atomic E-state index is 12.5. The fourth-order valence-corrected chi connectivity index (χ4v) is 2.95. The maximum atomic E-state index is 12.5. The smallest absolute Gasteiger partial charge is 0.343 e. The first-order chi connectivity index (χ1) is 11.7. The molecule has 24 heavy (non-hydrogen) atoms. The molecule has 0 saturated heterocycles. The molecule has 0 heterocycles. The molecule has 0 bridgehead atoms. The van der Waals surface area contributed by atoms with Gasteiger partial charge in [0.1, 0.15) is 5.75 Å². The largest absolute Gasteiger partial charge is 0.422 e. The Morgan fingerprint density at radius 2 is 1.29 bits per heavy atom. The van der Waals surface area contributed by atoms with E-state index in [9.17, 15) is 4.79 Å². The lowest BCUT2D eigenvalue weighted by molar-refractivity contribution is 0.0739. The van der Waals surface area contributed by atoms with Gasteiger partial charge in [-0.3, -0.25) is 0 Å². The summed E-state index contributed by atoms with van der Waals surface area (Å²) in [6, 6.07) is 24.6. The lowest BCUT2D eigenvalue weighted by Crippen LogP contribution is -2.09. The minimum Gasteiger partial charge on any atom is -0.422 e. The van der Waals surface area contributed by atoms with E-state index < -0.39 is 5.97 Å². The number of hydrogen-bond donors (Lipinski definition) is 0. The van der Waals surface area contributed by atoms with Crippen LogP contribution in [0.2, 0.25) is 5.02 Å². The van der Waals surface area contributed by atoms with E-state index in [-0.39, 0.29) is 0 Å². The van der Waals surface area contributed by atoms with E-state index in [1.807, 2.05) is 48.5 Å². The lowest BCUT2D eigenvalue weighted by Gasteiger charge is -2.12. The second-order valence-corrected chi connectivity index (χ2v) is 5.98. The number of esters is 1. The molecule has 116 valence electrons. The Labute approximate surface area is 144 Å². The molecule has 0 saturated carbocycles. The van der Waals surface area contributed by atoms with Gasteiger partial charge in [-0.2, -0.15) is 0 Å². The number of benzene rings is 4. The van der Waals surface area contributed by atoms with E-state index >= 15 is 0 Å². The van der Waals surface area contributed by atoms with Crippen LogP contribution in [-0.2, 0) is 0 Å². The van der Waals surface area contributed by atoms with Gasteiger partial charge in [-0.1, -0.05) is 60.1 Å². The molecule has 0 unspecified atom stereocenters. The molecular weight excluding hydrogens is 320 g/mol. The molecule has 0 fully saturated rings. The summed E-state index contributed by atoms with van der Waals surface area (Å²) in [4.78, 5) is 12.5. The van der Waals surface area contributed by atoms with Gasteiger partial charge < -0.3 is 4.74 Å². The highest BCUT2D eigenvalue weighted by Gasteiger charge is 2.14. The van der Waals surface area contributed by atoms with Crippen molar-refractivity contribution in [2.75, 3.05) is 0 Å². The van der Waals surface area contributed by atoms with Crippen LogP contribution >= 0.6 is 11.6 Å². The van der Waals surface area contributed by atoms with E-state index in [2.05, 4.69) is 6.07 Å². The molecule has 0 radical (unpaired) electrons. The van der Waals surface area contributed by atoms with Crippen molar-refractivity contribution in [3.63, 3.8) is 0 Å². The van der Waals surface area contributed by atoms with Crippen LogP contribution in [0.4, 0.5) is 0 Å². The number of halogens is 1. The number of fused-ring (bicyclic) bond motifs is 2. The number of carbonyl (C=O) groups excluding carboxylic acids is 1. The Kier molecular flexibility index (Phi) is 3.68. The predicted molar refractivity (Wildman–Crippen MR) is 97.9 cm³/mol. The van der Waals surface area contributed by atoms with Crippen molar-refractivity contribution in [2.24, 2.45) is 0 Å². The van der Waals surface area contributed by atoms with Crippen molar-refractivity contribution < 1.29 is 9.53 Å². The van der Waals surface area contributed by atoms with Gasteiger partial charge in [0.2, 0.25) is 0 Å². The van der Waals surface area contributed by atoms with E-state index in [1.165, 1.54) is 0 Å². The van der Waals surface area contributed by atoms with Crippen molar-refractivity contribution in [2.45, 2.75) is 0 Å². The molecule has 0 atom stereocenters. The summed E-state index contributed by atoms with van der Waals surface area (Å²) in [5.41, 5.74) is 0.469. The molecule has 0 aliphatic heterocycles. The van der Waals surface area contributed by atoms with E-state index in [0.29, 0.717) is 16.3 Å². The molecule has 0 aliphatic rings. The highest BCUT2D eigenvalue weighted by Crippen LogP contribution is 2.35. The Bertz CT molecular complexity index is 998. The molecular formula is C21H13ClO2. The number of carbonyl (C=O) groups is 1. The molecule has 4 aromatic carbocycles. The number of rotatable bonds is 2. The Balaban J connectivity index is 1.87. The molecule has 0 N–H and O–H groups in total. The average Bonchev–Trinajstić information content (AvgIpc) is 2.62. The Morgan fingerprint density at radius 3 is 1.88 bits per heavy atom. The third kappa shape index (κ3) is 2.61. The molecule has 0 aliphatic carbocycles. The normalized spacial score (nSPS) is 10.9. The lowest BCUT2D eigenvalue weighted by atomic mass is 10.0. The second-order valence-electron chi connectivity index (χ2n) is 5.54. The van der Waals surface area contributed by atoms with Gasteiger partial charge in [-0.15, -0.1) is 0 Å². The monoisotopic (exact) mass is 332 g/mol. The molecule has 0 spiro atoms. The first-order valence-corrected chi connectivity index (χ1v) is 7.98. The van der Waals surface area contributed by atoms with Crippen LogP contribution in [-0.4, -0.2) is 5.97 Å². The first kappa shape index (κ1) is 14.7. The van der Waals surface area contributed by atoms with E-state index in [1.54, 1.807) is 24.3 Å². The van der Waals surface area contributed by atoms with Gasteiger partial charge >= 0.3 is 5.97 Å². The summed E-state index contributed by atoms with van der Waals surface area (Å²) >= 11 is 5.88. The van der Waals surface area contributed by atoms with Crippen LogP contribution in [0.15, 0.2) is 78.9 Å². The molecule has 2 nitrogen and oxygen atoms in total. The van der Waals surface area contributed by atoms with Gasteiger partial charge in [0.25, 0.3) is 0 Å². The standard InChI is InChI=1S/C21H13ClO2/c22-17-11-9-14(10-12-17)21(23)24-20-18-7-3-1-5-15(18)13-16-6-2-4-8-19(16)20/h1-13H. The van der Waals surface area contributed by atoms with Crippen LogP contribution < -0.4 is 4.74 Å². The fourth-order valence-electron chi connectivity index (χ4n) is 2.82. The van der Waals surface area contributed by atoms with Gasteiger partial charge in [-0.25, -0.2) is 4.79 Å². The van der Waals surface area contributed by atoms with Crippen molar-refractivity contribution in [1.82, 2.24) is 0 Å². The zero-order valence-corrected chi connectivity index (χ0v) is 13.5. The van der Waals surface area contributed by atoms with Crippen LogP contribution in [0.25, 0.3) is 21.5 Å². The highest BCUT2D eigenvalue weighted by atomic mass is 35.5. The van der Waals surface area contributed by atoms with Gasteiger partial charge in [0.05, 0.1) is 5.56 Å². The summed E-state index contributed by atoms with van der Waals surface area (Å²) in [5.74, 6) is 0.192. The molecule has 3 heteroatoms. The summed E-state index contributed by atoms with van der Waals surface area (Å²) in [7, 11) is 0. The molecule has 0 amide bonds. The van der Waals surface area contributed by atoms with Crippen molar-refractivity contribution in [1.29, 1.82) is 0 Å². The van der Waals surface area contributed by atoms with Gasteiger partial charge in [-0.05, 0) is 41.1 Å². The fraction of sp³-hybridized carbons (Fsp3) is 0. The van der Waals surface area contributed by atoms with Gasteiger partial charge in [0.15, 0.2) is 0 Å². The minimum absolute atomic E-state index is 0.395. The molecule has 4 aromatic rings. The quantitative estimate of drug-likeness (QED) is 0.261. The third-order valence-corrected chi connectivity index (χ3v) is 4.25. The number of hydrogen-bond acceptors (Lipinski definition) is 2. The third-order valence-electron chi connectivity index (χ3n) is 4.00. The maximum Gasteiger partial charge on any atom is 0.343 e. The Hall–Kier alpha value is -2.84. The Morgan fingerprint density at radius 1 is 0.750 bits per heavy atom. The van der Waals surface area contributed by atoms with E-state index in [0.717, 1.165) is 21.5 Å². The second kappa shape index (κ2) is 5.99. The number of ether oxygens (including phenoxy) is 1. The van der Waals surface area contributed by atoms with Crippen molar-refractivity contribution >= 4 is 39.1 Å². The summed E-state index contributed by atoms with van der Waals surface area (Å²) in [6.07, 6.45) is 0. The molecule has 0 aromatic heterocycles.